The lowest BCUT2D eigenvalue weighted by Crippen LogP contribution is -2.01. The summed E-state index contributed by atoms with van der Waals surface area (Å²) < 4.78 is 37.6. The monoisotopic (exact) mass is 243 g/mol. The first-order chi connectivity index (χ1) is 7.65. The molecule has 2 nitrogen and oxygen atoms in total. The normalized spacial score (nSPS) is 12.1. The summed E-state index contributed by atoms with van der Waals surface area (Å²) in [5.41, 5.74) is 0. The van der Waals surface area contributed by atoms with E-state index in [-0.39, 0.29) is 10.6 Å². The quantitative estimate of drug-likeness (QED) is 0.746. The van der Waals surface area contributed by atoms with Gasteiger partial charge in [-0.05, 0) is 31.0 Å². The summed E-state index contributed by atoms with van der Waals surface area (Å²) >= 11 is 0. The number of nitriles is 1. The highest BCUT2D eigenvalue weighted by atomic mass is 32.2. The van der Waals surface area contributed by atoms with Gasteiger partial charge in [-0.3, -0.25) is 4.21 Å². The van der Waals surface area contributed by atoms with Gasteiger partial charge in [-0.2, -0.15) is 5.26 Å². The molecule has 0 amide bonds. The highest BCUT2D eigenvalue weighted by molar-refractivity contribution is 7.85. The Hall–Kier alpha value is -1.28. The lowest BCUT2D eigenvalue weighted by Gasteiger charge is -2.03. The highest BCUT2D eigenvalue weighted by Gasteiger charge is 2.10. The van der Waals surface area contributed by atoms with Crippen LogP contribution in [0.5, 0.6) is 0 Å². The second kappa shape index (κ2) is 6.33. The van der Waals surface area contributed by atoms with Crippen molar-refractivity contribution in [2.75, 3.05) is 5.75 Å². The minimum atomic E-state index is -1.53. The molecule has 0 N–H and O–H groups in total. The Morgan fingerprint density at radius 1 is 1.31 bits per heavy atom. The maximum Gasteiger partial charge on any atom is 0.139 e. The summed E-state index contributed by atoms with van der Waals surface area (Å²) in [6.45, 7) is 0. The second-order valence-corrected chi connectivity index (χ2v) is 4.78. The van der Waals surface area contributed by atoms with Crippen LogP contribution in [-0.4, -0.2) is 9.96 Å². The molecule has 86 valence electrons. The minimum absolute atomic E-state index is 0.100. The van der Waals surface area contributed by atoms with E-state index in [9.17, 15) is 13.0 Å². The van der Waals surface area contributed by atoms with Gasteiger partial charge in [0.2, 0.25) is 0 Å². The molecule has 0 heterocycles. The van der Waals surface area contributed by atoms with Gasteiger partial charge in [0.15, 0.2) is 0 Å². The predicted molar refractivity (Wildman–Crippen MR) is 57.1 cm³/mol. The van der Waals surface area contributed by atoms with E-state index in [1.165, 1.54) is 0 Å². The van der Waals surface area contributed by atoms with Crippen LogP contribution in [0.3, 0.4) is 0 Å². The molecular formula is C11H11F2NOS. The zero-order valence-corrected chi connectivity index (χ0v) is 9.40. The number of unbranched alkanes of at least 4 members (excludes halogenated alkanes) is 2. The van der Waals surface area contributed by atoms with Crippen molar-refractivity contribution in [1.82, 2.24) is 0 Å². The van der Waals surface area contributed by atoms with Crippen LogP contribution in [0.2, 0.25) is 0 Å². The van der Waals surface area contributed by atoms with Crippen LogP contribution in [0.15, 0.2) is 23.1 Å². The molecule has 0 aromatic heterocycles. The van der Waals surface area contributed by atoms with E-state index in [0.29, 0.717) is 19.3 Å². The molecule has 0 radical (unpaired) electrons. The van der Waals surface area contributed by atoms with Crippen LogP contribution >= 0.6 is 0 Å². The van der Waals surface area contributed by atoms with Crippen molar-refractivity contribution >= 4 is 10.8 Å². The summed E-state index contributed by atoms with van der Waals surface area (Å²) in [6.07, 6.45) is 1.58. The number of hydrogen-bond donors (Lipinski definition) is 0. The highest BCUT2D eigenvalue weighted by Crippen LogP contribution is 2.15. The molecule has 0 aliphatic heterocycles. The standard InChI is InChI=1S/C11H11F2NOS/c12-9-4-5-10(13)11(8-9)16(15)7-3-1-2-6-14/h4-5,8H,1-3,7H2. The Kier molecular flexibility index (Phi) is 5.06. The number of halogens is 2. The number of rotatable bonds is 5. The molecule has 0 aliphatic carbocycles. The number of hydrogen-bond acceptors (Lipinski definition) is 2. The first-order valence-corrected chi connectivity index (χ1v) is 6.17. The topological polar surface area (TPSA) is 40.9 Å². The Morgan fingerprint density at radius 2 is 2.06 bits per heavy atom. The Morgan fingerprint density at radius 3 is 2.75 bits per heavy atom. The van der Waals surface area contributed by atoms with Crippen molar-refractivity contribution in [3.05, 3.63) is 29.8 Å². The smallest absolute Gasteiger partial charge is 0.139 e. The molecule has 0 fully saturated rings. The number of benzene rings is 1. The second-order valence-electron chi connectivity index (χ2n) is 3.24. The third-order valence-electron chi connectivity index (χ3n) is 2.01. The molecule has 0 aliphatic rings. The molecule has 1 aromatic rings. The molecule has 16 heavy (non-hydrogen) atoms. The molecular weight excluding hydrogens is 232 g/mol. The summed E-state index contributed by atoms with van der Waals surface area (Å²) in [6, 6.07) is 4.88. The average molecular weight is 243 g/mol. The van der Waals surface area contributed by atoms with Crippen LogP contribution < -0.4 is 0 Å². The Labute approximate surface area is 95.4 Å². The van der Waals surface area contributed by atoms with Gasteiger partial charge >= 0.3 is 0 Å². The zero-order valence-electron chi connectivity index (χ0n) is 8.58. The van der Waals surface area contributed by atoms with E-state index in [4.69, 9.17) is 5.26 Å². The molecule has 5 heteroatoms. The van der Waals surface area contributed by atoms with Gasteiger partial charge in [-0.1, -0.05) is 0 Å². The van der Waals surface area contributed by atoms with Crippen molar-refractivity contribution in [1.29, 1.82) is 5.26 Å². The maximum atomic E-state index is 13.2. The molecule has 0 spiro atoms. The fourth-order valence-electron chi connectivity index (χ4n) is 1.20. The van der Waals surface area contributed by atoms with Crippen LogP contribution in [0, 0.1) is 23.0 Å². The van der Waals surface area contributed by atoms with Crippen LogP contribution in [-0.2, 0) is 10.8 Å². The fraction of sp³-hybridized carbons (Fsp3) is 0.364. The van der Waals surface area contributed by atoms with Gasteiger partial charge in [-0.15, -0.1) is 0 Å². The van der Waals surface area contributed by atoms with Gasteiger partial charge in [-0.25, -0.2) is 8.78 Å². The van der Waals surface area contributed by atoms with Gasteiger partial charge in [0.05, 0.1) is 21.8 Å². The lowest BCUT2D eigenvalue weighted by atomic mass is 10.3. The van der Waals surface area contributed by atoms with E-state index >= 15 is 0 Å². The van der Waals surface area contributed by atoms with Crippen molar-refractivity contribution in [3.8, 4) is 6.07 Å². The largest absolute Gasteiger partial charge is 0.254 e. The van der Waals surface area contributed by atoms with Gasteiger partial charge in [0.1, 0.15) is 11.6 Å². The fourth-order valence-corrected chi connectivity index (χ4v) is 2.41. The average Bonchev–Trinajstić information content (AvgIpc) is 2.27. The maximum absolute atomic E-state index is 13.2. The summed E-state index contributed by atoms with van der Waals surface area (Å²) in [4.78, 5) is -0.100. The molecule has 0 bridgehead atoms. The molecule has 0 saturated heterocycles. The summed E-state index contributed by atoms with van der Waals surface area (Å²) in [5, 5.41) is 8.29. The van der Waals surface area contributed by atoms with Crippen molar-refractivity contribution < 1.29 is 13.0 Å². The van der Waals surface area contributed by atoms with E-state index in [1.807, 2.05) is 6.07 Å². The first kappa shape index (κ1) is 12.8. The first-order valence-electron chi connectivity index (χ1n) is 4.85. The minimum Gasteiger partial charge on any atom is -0.254 e. The van der Waals surface area contributed by atoms with Crippen LogP contribution in [0.4, 0.5) is 8.78 Å². The van der Waals surface area contributed by atoms with E-state index in [0.717, 1.165) is 18.2 Å². The van der Waals surface area contributed by atoms with Crippen molar-refractivity contribution in [3.63, 3.8) is 0 Å². The van der Waals surface area contributed by atoms with E-state index in [1.54, 1.807) is 0 Å². The van der Waals surface area contributed by atoms with E-state index in [2.05, 4.69) is 0 Å². The van der Waals surface area contributed by atoms with Crippen LogP contribution in [0.1, 0.15) is 19.3 Å². The summed E-state index contributed by atoms with van der Waals surface area (Å²) in [5.74, 6) is -0.996. The molecule has 1 rings (SSSR count). The molecule has 1 atom stereocenters. The third-order valence-corrected chi connectivity index (χ3v) is 3.47. The van der Waals surface area contributed by atoms with Crippen molar-refractivity contribution in [2.45, 2.75) is 24.2 Å². The Bertz CT molecular complexity index is 428. The van der Waals surface area contributed by atoms with Crippen LogP contribution in [0.25, 0.3) is 0 Å². The van der Waals surface area contributed by atoms with Crippen molar-refractivity contribution in [2.24, 2.45) is 0 Å². The molecule has 1 aromatic carbocycles. The zero-order chi connectivity index (χ0) is 12.0. The van der Waals surface area contributed by atoms with E-state index < -0.39 is 22.4 Å². The van der Waals surface area contributed by atoms with Gasteiger partial charge in [0, 0.05) is 12.2 Å². The van der Waals surface area contributed by atoms with Gasteiger partial charge in [0.25, 0.3) is 0 Å². The van der Waals surface area contributed by atoms with Gasteiger partial charge < -0.3 is 0 Å². The third kappa shape index (κ3) is 3.70. The number of nitrogens with zero attached hydrogens (tertiary/aromatic N) is 1. The summed E-state index contributed by atoms with van der Waals surface area (Å²) in [7, 11) is -1.53. The Balaban J connectivity index is 2.59. The SMILES string of the molecule is N#CCCCCS(=O)c1cc(F)ccc1F. The molecule has 0 saturated carbocycles. The lowest BCUT2D eigenvalue weighted by molar-refractivity contribution is 0.571. The molecule has 1 unspecified atom stereocenters. The predicted octanol–water partition coefficient (Wildman–Crippen LogP) is 2.77.